The molecule has 0 saturated heterocycles. The largest absolute Gasteiger partial charge is 0.494 e. The van der Waals surface area contributed by atoms with Gasteiger partial charge >= 0.3 is 5.97 Å². The molecule has 29 heavy (non-hydrogen) atoms. The Morgan fingerprint density at radius 2 is 1.76 bits per heavy atom. The smallest absolute Gasteiger partial charge is 0.335 e. The fraction of sp³-hybridized carbons (Fsp3) is 0.261. The van der Waals surface area contributed by atoms with Crippen molar-refractivity contribution in [2.45, 2.75) is 32.6 Å². The summed E-state index contributed by atoms with van der Waals surface area (Å²) < 4.78 is 5.69. The van der Waals surface area contributed by atoms with Crippen molar-refractivity contribution in [3.63, 3.8) is 0 Å². The number of rotatable bonds is 10. The fourth-order valence-electron chi connectivity index (χ4n) is 2.59. The SMILES string of the molecule is CCCCCCOc1ccc(/C=C(/C#N)C(=O)Nc2ccc(C(=O)O)cc2)cc1. The molecule has 6 nitrogen and oxygen atoms in total. The molecule has 0 fully saturated rings. The Hall–Kier alpha value is -3.59. The number of ether oxygens (including phenoxy) is 1. The quantitative estimate of drug-likeness (QED) is 0.341. The Morgan fingerprint density at radius 3 is 2.34 bits per heavy atom. The third-order valence-electron chi connectivity index (χ3n) is 4.21. The molecule has 0 bridgehead atoms. The van der Waals surface area contributed by atoms with Gasteiger partial charge in [-0.3, -0.25) is 4.79 Å². The molecule has 150 valence electrons. The second-order valence-corrected chi connectivity index (χ2v) is 6.48. The maximum Gasteiger partial charge on any atom is 0.335 e. The first kappa shape index (κ1) is 21.7. The van der Waals surface area contributed by atoms with Gasteiger partial charge in [0, 0.05) is 5.69 Å². The predicted octanol–water partition coefficient (Wildman–Crippen LogP) is 4.89. The Labute approximate surface area is 170 Å². The lowest BCUT2D eigenvalue weighted by Crippen LogP contribution is -2.13. The number of nitrogens with one attached hydrogen (secondary N) is 1. The highest BCUT2D eigenvalue weighted by Crippen LogP contribution is 2.16. The zero-order chi connectivity index (χ0) is 21.1. The molecule has 0 aliphatic rings. The van der Waals surface area contributed by atoms with E-state index in [0.717, 1.165) is 18.6 Å². The number of carbonyl (C=O) groups is 2. The number of unbranched alkanes of at least 4 members (excludes halogenated alkanes) is 3. The number of aromatic carboxylic acids is 1. The number of carboxylic acids is 1. The number of carbonyl (C=O) groups excluding carboxylic acids is 1. The zero-order valence-corrected chi connectivity index (χ0v) is 16.4. The monoisotopic (exact) mass is 392 g/mol. The van der Waals surface area contributed by atoms with Gasteiger partial charge in [0.15, 0.2) is 0 Å². The van der Waals surface area contributed by atoms with Crippen LogP contribution >= 0.6 is 0 Å². The molecule has 0 aliphatic heterocycles. The third kappa shape index (κ3) is 7.15. The Morgan fingerprint density at radius 1 is 1.07 bits per heavy atom. The standard InChI is InChI=1S/C23H24N2O4/c1-2-3-4-5-14-29-21-12-6-17(7-13-21)15-19(16-24)22(26)25-20-10-8-18(9-11-20)23(27)28/h6-13,15H,2-5,14H2,1H3,(H,25,26)(H,27,28)/b19-15-. The van der Waals surface area contributed by atoms with Crippen LogP contribution in [0.3, 0.4) is 0 Å². The number of benzene rings is 2. The molecule has 2 rings (SSSR count). The molecule has 0 saturated carbocycles. The van der Waals surface area contributed by atoms with E-state index in [1.54, 1.807) is 12.1 Å². The lowest BCUT2D eigenvalue weighted by atomic mass is 10.1. The van der Waals surface area contributed by atoms with Gasteiger partial charge in [0.25, 0.3) is 5.91 Å². The number of nitriles is 1. The van der Waals surface area contributed by atoms with Crippen LogP contribution in [0, 0.1) is 11.3 Å². The molecule has 0 unspecified atom stereocenters. The Balaban J connectivity index is 1.96. The van der Waals surface area contributed by atoms with Gasteiger partial charge in [-0.2, -0.15) is 5.26 Å². The van der Waals surface area contributed by atoms with Crippen LogP contribution in [0.1, 0.15) is 48.5 Å². The first-order chi connectivity index (χ1) is 14.0. The number of nitrogens with zero attached hydrogens (tertiary/aromatic N) is 1. The van der Waals surface area contributed by atoms with Gasteiger partial charge in [-0.15, -0.1) is 0 Å². The van der Waals surface area contributed by atoms with Gasteiger partial charge < -0.3 is 15.2 Å². The summed E-state index contributed by atoms with van der Waals surface area (Å²) in [4.78, 5) is 23.2. The molecule has 2 N–H and O–H groups in total. The van der Waals surface area contributed by atoms with Gasteiger partial charge in [-0.1, -0.05) is 38.3 Å². The van der Waals surface area contributed by atoms with Crippen molar-refractivity contribution >= 4 is 23.6 Å². The van der Waals surface area contributed by atoms with Crippen LogP contribution in [0.25, 0.3) is 6.08 Å². The van der Waals surface area contributed by atoms with Crippen LogP contribution in [0.5, 0.6) is 5.75 Å². The molecule has 0 atom stereocenters. The highest BCUT2D eigenvalue weighted by molar-refractivity contribution is 6.09. The summed E-state index contributed by atoms with van der Waals surface area (Å²) >= 11 is 0. The van der Waals surface area contributed by atoms with Crippen LogP contribution in [-0.4, -0.2) is 23.6 Å². The topological polar surface area (TPSA) is 99.4 Å². The minimum Gasteiger partial charge on any atom is -0.494 e. The number of hydrogen-bond donors (Lipinski definition) is 2. The molecule has 0 aliphatic carbocycles. The van der Waals surface area contributed by atoms with E-state index in [9.17, 15) is 14.9 Å². The van der Waals surface area contributed by atoms with E-state index in [1.165, 1.54) is 43.2 Å². The molecule has 1 amide bonds. The average molecular weight is 392 g/mol. The van der Waals surface area contributed by atoms with E-state index in [2.05, 4.69) is 12.2 Å². The predicted molar refractivity (Wildman–Crippen MR) is 112 cm³/mol. The number of carboxylic acid groups (broad SMARTS) is 1. The molecule has 0 radical (unpaired) electrons. The van der Waals surface area contributed by atoms with E-state index in [1.807, 2.05) is 18.2 Å². The number of amides is 1. The lowest BCUT2D eigenvalue weighted by Gasteiger charge is -2.07. The maximum atomic E-state index is 12.3. The molecule has 2 aromatic rings. The summed E-state index contributed by atoms with van der Waals surface area (Å²) in [6.07, 6.45) is 6.05. The summed E-state index contributed by atoms with van der Waals surface area (Å²) in [5.74, 6) is -0.860. The van der Waals surface area contributed by atoms with Crippen molar-refractivity contribution in [2.24, 2.45) is 0 Å². The van der Waals surface area contributed by atoms with Crippen molar-refractivity contribution in [2.75, 3.05) is 11.9 Å². The summed E-state index contributed by atoms with van der Waals surface area (Å²) in [6, 6.07) is 14.8. The summed E-state index contributed by atoms with van der Waals surface area (Å²) in [7, 11) is 0. The van der Waals surface area contributed by atoms with Crippen LogP contribution < -0.4 is 10.1 Å². The zero-order valence-electron chi connectivity index (χ0n) is 16.4. The van der Waals surface area contributed by atoms with Crippen molar-refractivity contribution in [1.82, 2.24) is 0 Å². The highest BCUT2D eigenvalue weighted by Gasteiger charge is 2.10. The fourth-order valence-corrected chi connectivity index (χ4v) is 2.59. The molecular weight excluding hydrogens is 368 g/mol. The van der Waals surface area contributed by atoms with Crippen molar-refractivity contribution in [3.8, 4) is 11.8 Å². The van der Waals surface area contributed by atoms with Gasteiger partial charge in [-0.05, 0) is 54.5 Å². The molecular formula is C23H24N2O4. The molecule has 6 heteroatoms. The van der Waals surface area contributed by atoms with Gasteiger partial charge in [0.1, 0.15) is 17.4 Å². The first-order valence-corrected chi connectivity index (χ1v) is 9.53. The van der Waals surface area contributed by atoms with Gasteiger partial charge in [0.05, 0.1) is 12.2 Å². The summed E-state index contributed by atoms with van der Waals surface area (Å²) in [5, 5.41) is 20.8. The van der Waals surface area contributed by atoms with Crippen LogP contribution in [0.15, 0.2) is 54.1 Å². The minimum atomic E-state index is -1.05. The van der Waals surface area contributed by atoms with Crippen LogP contribution in [0.4, 0.5) is 5.69 Å². The Bertz CT molecular complexity index is 894. The van der Waals surface area contributed by atoms with E-state index in [-0.39, 0.29) is 11.1 Å². The minimum absolute atomic E-state index is 0.0551. The second-order valence-electron chi connectivity index (χ2n) is 6.48. The molecule has 0 spiro atoms. The lowest BCUT2D eigenvalue weighted by molar-refractivity contribution is -0.112. The van der Waals surface area contributed by atoms with E-state index in [4.69, 9.17) is 9.84 Å². The van der Waals surface area contributed by atoms with Crippen LogP contribution in [-0.2, 0) is 4.79 Å². The van der Waals surface area contributed by atoms with Crippen molar-refractivity contribution in [3.05, 3.63) is 65.2 Å². The molecule has 2 aromatic carbocycles. The summed E-state index contributed by atoms with van der Waals surface area (Å²) in [6.45, 7) is 2.83. The summed E-state index contributed by atoms with van der Waals surface area (Å²) in [5.41, 5.74) is 1.18. The number of anilines is 1. The van der Waals surface area contributed by atoms with E-state index < -0.39 is 11.9 Å². The van der Waals surface area contributed by atoms with E-state index >= 15 is 0 Å². The average Bonchev–Trinajstić information content (AvgIpc) is 2.73. The van der Waals surface area contributed by atoms with Gasteiger partial charge in [0.2, 0.25) is 0 Å². The second kappa shape index (κ2) is 11.3. The third-order valence-corrected chi connectivity index (χ3v) is 4.21. The molecule has 0 aromatic heterocycles. The highest BCUT2D eigenvalue weighted by atomic mass is 16.5. The van der Waals surface area contributed by atoms with Crippen molar-refractivity contribution in [1.29, 1.82) is 5.26 Å². The normalized spacial score (nSPS) is 10.8. The Kier molecular flexibility index (Phi) is 8.46. The first-order valence-electron chi connectivity index (χ1n) is 9.53. The maximum absolute atomic E-state index is 12.3. The number of hydrogen-bond acceptors (Lipinski definition) is 4. The van der Waals surface area contributed by atoms with Crippen LogP contribution in [0.2, 0.25) is 0 Å². The van der Waals surface area contributed by atoms with E-state index in [0.29, 0.717) is 17.9 Å². The van der Waals surface area contributed by atoms with Gasteiger partial charge in [-0.25, -0.2) is 4.79 Å². The molecule has 0 heterocycles. The van der Waals surface area contributed by atoms with Crippen molar-refractivity contribution < 1.29 is 19.4 Å².